The molecular formula is C26H31FN2O6. The molecule has 188 valence electrons. The third-order valence-electron chi connectivity index (χ3n) is 5.06. The summed E-state index contributed by atoms with van der Waals surface area (Å²) in [5.41, 5.74) is -0.574. The summed E-state index contributed by atoms with van der Waals surface area (Å²) in [5.74, 6) is -1.25. The molecule has 1 heterocycles. The van der Waals surface area contributed by atoms with Crippen LogP contribution in [-0.2, 0) is 25.5 Å². The molecule has 0 fully saturated rings. The third-order valence-corrected chi connectivity index (χ3v) is 5.06. The van der Waals surface area contributed by atoms with Crippen LogP contribution in [0.15, 0.2) is 42.5 Å². The van der Waals surface area contributed by atoms with Crippen LogP contribution in [0.5, 0.6) is 0 Å². The summed E-state index contributed by atoms with van der Waals surface area (Å²) < 4.78 is 31.7. The lowest BCUT2D eigenvalue weighted by Gasteiger charge is -2.32. The smallest absolute Gasteiger partial charge is 0.420 e. The van der Waals surface area contributed by atoms with Gasteiger partial charge in [-0.05, 0) is 65.8 Å². The minimum Gasteiger partial charge on any atom is -0.467 e. The minimum atomic E-state index is -1.42. The fourth-order valence-electron chi connectivity index (χ4n) is 3.74. The van der Waals surface area contributed by atoms with Crippen molar-refractivity contribution in [3.05, 3.63) is 48.3 Å². The highest BCUT2D eigenvalue weighted by atomic mass is 19.1. The van der Waals surface area contributed by atoms with Crippen molar-refractivity contribution in [2.75, 3.05) is 7.11 Å². The van der Waals surface area contributed by atoms with E-state index in [1.165, 1.54) is 19.2 Å². The SMILES string of the molecule is COC(=O)C(Cn1c2ccccc2c2cc(F)ccc21)N(C(=O)OC(C)(C)C)C(=O)OC(C)(C)C. The maximum Gasteiger partial charge on any atom is 0.420 e. The Morgan fingerprint density at radius 1 is 0.886 bits per heavy atom. The van der Waals surface area contributed by atoms with E-state index in [1.807, 2.05) is 18.2 Å². The van der Waals surface area contributed by atoms with Crippen molar-refractivity contribution in [3.63, 3.8) is 0 Å². The number of para-hydroxylation sites is 1. The van der Waals surface area contributed by atoms with Crippen molar-refractivity contribution in [2.24, 2.45) is 0 Å². The van der Waals surface area contributed by atoms with Crippen LogP contribution in [0, 0.1) is 5.82 Å². The summed E-state index contributed by atoms with van der Waals surface area (Å²) in [6.07, 6.45) is -2.09. The van der Waals surface area contributed by atoms with E-state index in [4.69, 9.17) is 14.2 Å². The highest BCUT2D eigenvalue weighted by Crippen LogP contribution is 2.31. The summed E-state index contributed by atoms with van der Waals surface area (Å²) in [6.45, 7) is 9.71. The number of rotatable bonds is 4. The van der Waals surface area contributed by atoms with Gasteiger partial charge in [0.05, 0.1) is 13.7 Å². The first-order chi connectivity index (χ1) is 16.2. The second-order valence-corrected chi connectivity index (χ2v) is 10.2. The van der Waals surface area contributed by atoms with Crippen LogP contribution >= 0.6 is 0 Å². The van der Waals surface area contributed by atoms with Gasteiger partial charge in [-0.25, -0.2) is 18.8 Å². The van der Waals surface area contributed by atoms with Gasteiger partial charge in [-0.1, -0.05) is 18.2 Å². The van der Waals surface area contributed by atoms with Crippen molar-refractivity contribution < 1.29 is 33.0 Å². The van der Waals surface area contributed by atoms with E-state index in [0.717, 1.165) is 5.39 Å². The zero-order valence-electron chi connectivity index (χ0n) is 21.0. The molecule has 0 aliphatic heterocycles. The molecule has 1 unspecified atom stereocenters. The molecule has 0 bridgehead atoms. The standard InChI is InChI=1S/C26H31FN2O6/c1-25(2,3)34-23(31)29(24(32)35-26(4,5)6)21(22(30)33-7)15-28-19-11-9-8-10-17(19)18-14-16(27)12-13-20(18)28/h8-14,21H,15H2,1-7H3. The Hall–Kier alpha value is -3.62. The van der Waals surface area contributed by atoms with Crippen LogP contribution in [0.2, 0.25) is 0 Å². The van der Waals surface area contributed by atoms with E-state index in [9.17, 15) is 18.8 Å². The van der Waals surface area contributed by atoms with Crippen LogP contribution in [0.1, 0.15) is 41.5 Å². The van der Waals surface area contributed by atoms with Gasteiger partial charge < -0.3 is 18.8 Å². The molecule has 1 aromatic heterocycles. The molecule has 2 aromatic carbocycles. The second kappa shape index (κ2) is 9.56. The lowest BCUT2D eigenvalue weighted by Crippen LogP contribution is -2.53. The van der Waals surface area contributed by atoms with E-state index >= 15 is 0 Å². The number of hydrogen-bond acceptors (Lipinski definition) is 6. The van der Waals surface area contributed by atoms with Crippen molar-refractivity contribution in [2.45, 2.75) is 65.3 Å². The topological polar surface area (TPSA) is 87.1 Å². The zero-order chi connectivity index (χ0) is 26.1. The molecule has 0 aliphatic carbocycles. The van der Waals surface area contributed by atoms with Crippen molar-refractivity contribution in [3.8, 4) is 0 Å². The average Bonchev–Trinajstić information content (AvgIpc) is 3.03. The summed E-state index contributed by atoms with van der Waals surface area (Å²) in [7, 11) is 1.17. The fourth-order valence-corrected chi connectivity index (χ4v) is 3.74. The van der Waals surface area contributed by atoms with Gasteiger partial charge in [0.2, 0.25) is 0 Å². The van der Waals surface area contributed by atoms with Gasteiger partial charge in [0.1, 0.15) is 17.0 Å². The molecule has 3 aromatic rings. The number of nitrogens with zero attached hydrogens (tertiary/aromatic N) is 2. The quantitative estimate of drug-likeness (QED) is 0.350. The van der Waals surface area contributed by atoms with E-state index in [-0.39, 0.29) is 6.54 Å². The number of imide groups is 1. The van der Waals surface area contributed by atoms with Crippen LogP contribution in [0.25, 0.3) is 21.8 Å². The second-order valence-electron chi connectivity index (χ2n) is 10.2. The molecule has 0 saturated heterocycles. The van der Waals surface area contributed by atoms with Gasteiger partial charge in [-0.3, -0.25) is 0 Å². The normalized spacial score (nSPS) is 12.9. The van der Waals surface area contributed by atoms with Gasteiger partial charge in [-0.2, -0.15) is 4.90 Å². The van der Waals surface area contributed by atoms with E-state index in [1.54, 1.807) is 58.2 Å². The number of halogens is 1. The molecule has 2 amide bonds. The Labute approximate surface area is 203 Å². The van der Waals surface area contributed by atoms with Crippen molar-refractivity contribution in [1.82, 2.24) is 9.47 Å². The van der Waals surface area contributed by atoms with Crippen LogP contribution in [0.4, 0.5) is 14.0 Å². The number of carbonyl (C=O) groups is 3. The maximum atomic E-state index is 14.1. The molecule has 0 radical (unpaired) electrons. The predicted octanol–water partition coefficient (Wildman–Crippen LogP) is 5.65. The highest BCUT2D eigenvalue weighted by molar-refractivity contribution is 6.08. The molecule has 35 heavy (non-hydrogen) atoms. The molecule has 0 spiro atoms. The number of esters is 1. The first-order valence-corrected chi connectivity index (χ1v) is 11.2. The van der Waals surface area contributed by atoms with Crippen LogP contribution in [0.3, 0.4) is 0 Å². The summed E-state index contributed by atoms with van der Waals surface area (Å²) in [4.78, 5) is 40.0. The van der Waals surface area contributed by atoms with Crippen molar-refractivity contribution in [1.29, 1.82) is 0 Å². The Morgan fingerprint density at radius 2 is 1.43 bits per heavy atom. The van der Waals surface area contributed by atoms with E-state index in [2.05, 4.69) is 0 Å². The fraction of sp³-hybridized carbons (Fsp3) is 0.423. The summed E-state index contributed by atoms with van der Waals surface area (Å²) >= 11 is 0. The first-order valence-electron chi connectivity index (χ1n) is 11.2. The summed E-state index contributed by atoms with van der Waals surface area (Å²) in [5, 5.41) is 1.39. The Balaban J connectivity index is 2.17. The van der Waals surface area contributed by atoms with E-state index in [0.29, 0.717) is 21.3 Å². The number of benzene rings is 2. The monoisotopic (exact) mass is 486 g/mol. The van der Waals surface area contributed by atoms with E-state index < -0.39 is 41.2 Å². The molecular weight excluding hydrogens is 455 g/mol. The number of hydrogen-bond donors (Lipinski definition) is 0. The highest BCUT2D eigenvalue weighted by Gasteiger charge is 2.41. The van der Waals surface area contributed by atoms with Crippen LogP contribution in [-0.4, -0.2) is 52.0 Å². The van der Waals surface area contributed by atoms with Gasteiger partial charge in [0.15, 0.2) is 6.04 Å². The van der Waals surface area contributed by atoms with Gasteiger partial charge in [-0.15, -0.1) is 0 Å². The third kappa shape index (κ3) is 5.90. The number of fused-ring (bicyclic) bond motifs is 3. The first kappa shape index (κ1) is 26.0. The summed E-state index contributed by atoms with van der Waals surface area (Å²) in [6, 6.07) is 10.2. The number of aromatic nitrogens is 1. The van der Waals surface area contributed by atoms with Crippen LogP contribution < -0.4 is 0 Å². The Kier molecular flexibility index (Phi) is 7.10. The number of carbonyl (C=O) groups excluding carboxylic acids is 3. The number of methoxy groups -OCH3 is 1. The predicted molar refractivity (Wildman–Crippen MR) is 130 cm³/mol. The number of amides is 2. The number of ether oxygens (including phenoxy) is 3. The molecule has 0 aliphatic rings. The zero-order valence-corrected chi connectivity index (χ0v) is 21.0. The average molecular weight is 487 g/mol. The maximum absolute atomic E-state index is 14.1. The molecule has 1 atom stereocenters. The largest absolute Gasteiger partial charge is 0.467 e. The minimum absolute atomic E-state index is 0.166. The molecule has 8 nitrogen and oxygen atoms in total. The molecule has 9 heteroatoms. The molecule has 0 saturated carbocycles. The lowest BCUT2D eigenvalue weighted by atomic mass is 10.1. The Morgan fingerprint density at radius 3 is 1.97 bits per heavy atom. The van der Waals surface area contributed by atoms with Crippen molar-refractivity contribution >= 4 is 40.0 Å². The van der Waals surface area contributed by atoms with Gasteiger partial charge >= 0.3 is 18.2 Å². The molecule has 0 N–H and O–H groups in total. The van der Waals surface area contributed by atoms with Gasteiger partial charge in [0.25, 0.3) is 0 Å². The molecule has 3 rings (SSSR count). The lowest BCUT2D eigenvalue weighted by molar-refractivity contribution is -0.147. The van der Waals surface area contributed by atoms with Gasteiger partial charge in [0, 0.05) is 21.8 Å². The Bertz CT molecular complexity index is 1240.